The number of allylic oxidation sites excluding steroid dienone is 1. The molecule has 0 saturated carbocycles. The lowest BCUT2D eigenvalue weighted by molar-refractivity contribution is -0.137. The van der Waals surface area contributed by atoms with Crippen molar-refractivity contribution in [3.63, 3.8) is 0 Å². The summed E-state index contributed by atoms with van der Waals surface area (Å²) in [6.45, 7) is 12.8. The zero-order chi connectivity index (χ0) is 27.1. The summed E-state index contributed by atoms with van der Waals surface area (Å²) in [5, 5.41) is 0. The average molecular weight is 532 g/mol. The fourth-order valence-electron chi connectivity index (χ4n) is 4.64. The number of nitrogens with zero attached hydrogens (tertiary/aromatic N) is 7. The van der Waals surface area contributed by atoms with E-state index in [0.717, 1.165) is 44.4 Å². The number of aliphatic imine (C=N–C) groups is 2. The highest BCUT2D eigenvalue weighted by molar-refractivity contribution is 6.09. The number of alkyl halides is 3. The molecule has 0 spiro atoms. The molecule has 0 aliphatic carbocycles. The second-order valence-electron chi connectivity index (χ2n) is 9.25. The third-order valence-electron chi connectivity index (χ3n) is 6.92. The van der Waals surface area contributed by atoms with Gasteiger partial charge in [-0.05, 0) is 49.7 Å². The standard InChI is InChI=1S/C27H33F4N7/c1-3-35-11-13-36(14-12-35)20-34-24(21-6-8-22(28)9-7-21)19-25(32-2)37-15-17-38(18-16-37)26-23(27(29,30)31)5-4-10-33-26/h4-10,19H,2-3,11-18,20H2,1H3/b25-19+,34-24+. The molecule has 2 saturated heterocycles. The predicted molar refractivity (Wildman–Crippen MR) is 142 cm³/mol. The Bertz CT molecular complexity index is 1130. The second-order valence-corrected chi connectivity index (χ2v) is 9.25. The second kappa shape index (κ2) is 12.5. The van der Waals surface area contributed by atoms with E-state index in [1.807, 2.05) is 11.0 Å². The van der Waals surface area contributed by atoms with E-state index in [-0.39, 0.29) is 11.6 Å². The minimum absolute atomic E-state index is 0.0616. The quantitative estimate of drug-likeness (QED) is 0.381. The number of likely N-dealkylation sites (N-methyl/N-ethyl adjacent to an activating group) is 1. The van der Waals surface area contributed by atoms with Crippen LogP contribution in [0.15, 0.2) is 64.5 Å². The molecule has 4 rings (SSSR count). The zero-order valence-corrected chi connectivity index (χ0v) is 21.5. The monoisotopic (exact) mass is 531 g/mol. The number of aromatic nitrogens is 1. The molecule has 38 heavy (non-hydrogen) atoms. The van der Waals surface area contributed by atoms with Crippen LogP contribution in [0.3, 0.4) is 0 Å². The maximum absolute atomic E-state index is 13.6. The van der Waals surface area contributed by atoms with Crippen LogP contribution in [0, 0.1) is 5.82 Å². The van der Waals surface area contributed by atoms with Crippen LogP contribution in [0.2, 0.25) is 0 Å². The SMILES string of the molecule is C=N/C(=C\C(=N/CN1CCN(CC)CC1)c1ccc(F)cc1)N1CCN(c2ncccc2C(F)(F)F)CC1. The number of halogens is 4. The highest BCUT2D eigenvalue weighted by Crippen LogP contribution is 2.35. The molecule has 0 radical (unpaired) electrons. The number of benzene rings is 1. The Morgan fingerprint density at radius 2 is 1.63 bits per heavy atom. The first kappa shape index (κ1) is 27.7. The molecular formula is C27H33F4N7. The van der Waals surface area contributed by atoms with Gasteiger partial charge in [-0.3, -0.25) is 9.89 Å². The molecule has 2 aromatic rings. The first-order valence-corrected chi connectivity index (χ1v) is 12.7. The summed E-state index contributed by atoms with van der Waals surface area (Å²) in [4.78, 5) is 21.4. The molecule has 0 unspecified atom stereocenters. The highest BCUT2D eigenvalue weighted by atomic mass is 19.4. The van der Waals surface area contributed by atoms with Crippen molar-refractivity contribution in [2.45, 2.75) is 13.1 Å². The van der Waals surface area contributed by atoms with E-state index in [4.69, 9.17) is 4.99 Å². The fourth-order valence-corrected chi connectivity index (χ4v) is 4.64. The van der Waals surface area contributed by atoms with Crippen LogP contribution in [0.25, 0.3) is 0 Å². The first-order chi connectivity index (χ1) is 18.3. The summed E-state index contributed by atoms with van der Waals surface area (Å²) in [6, 6.07) is 8.49. The van der Waals surface area contributed by atoms with Crippen LogP contribution in [0.5, 0.6) is 0 Å². The Hall–Kier alpha value is -3.31. The number of hydrogen-bond donors (Lipinski definition) is 0. The molecule has 204 valence electrons. The van der Waals surface area contributed by atoms with Gasteiger partial charge in [-0.15, -0.1) is 0 Å². The van der Waals surface area contributed by atoms with Crippen LogP contribution in [-0.2, 0) is 6.18 Å². The van der Waals surface area contributed by atoms with Crippen LogP contribution in [0.1, 0.15) is 18.1 Å². The van der Waals surface area contributed by atoms with Gasteiger partial charge in [0.05, 0.1) is 17.9 Å². The Labute approximate surface area is 220 Å². The number of pyridine rings is 1. The van der Waals surface area contributed by atoms with Gasteiger partial charge in [-0.2, -0.15) is 13.2 Å². The number of rotatable bonds is 8. The summed E-state index contributed by atoms with van der Waals surface area (Å²) < 4.78 is 54.1. The van der Waals surface area contributed by atoms with Crippen molar-refractivity contribution in [3.8, 4) is 0 Å². The maximum Gasteiger partial charge on any atom is 0.419 e. The predicted octanol–water partition coefficient (Wildman–Crippen LogP) is 3.99. The van der Waals surface area contributed by atoms with Gasteiger partial charge in [0, 0.05) is 70.2 Å². The molecule has 2 aliphatic rings. The summed E-state index contributed by atoms with van der Waals surface area (Å²) in [6.07, 6.45) is -1.28. The van der Waals surface area contributed by atoms with E-state index in [0.29, 0.717) is 44.4 Å². The minimum atomic E-state index is -4.47. The van der Waals surface area contributed by atoms with Crippen molar-refractivity contribution in [1.82, 2.24) is 19.7 Å². The van der Waals surface area contributed by atoms with Crippen LogP contribution < -0.4 is 4.90 Å². The Morgan fingerprint density at radius 1 is 0.974 bits per heavy atom. The number of anilines is 1. The van der Waals surface area contributed by atoms with Crippen LogP contribution in [0.4, 0.5) is 23.4 Å². The van der Waals surface area contributed by atoms with E-state index >= 15 is 0 Å². The third-order valence-corrected chi connectivity index (χ3v) is 6.92. The van der Waals surface area contributed by atoms with Gasteiger partial charge in [0.25, 0.3) is 0 Å². The Kier molecular flexibility index (Phi) is 9.11. The average Bonchev–Trinajstić information content (AvgIpc) is 2.94. The smallest absolute Gasteiger partial charge is 0.353 e. The summed E-state index contributed by atoms with van der Waals surface area (Å²) in [7, 11) is 0. The molecule has 1 aromatic heterocycles. The Balaban J connectivity index is 1.50. The van der Waals surface area contributed by atoms with Gasteiger partial charge in [-0.25, -0.2) is 14.4 Å². The molecule has 0 bridgehead atoms. The molecule has 1 aromatic carbocycles. The molecule has 0 N–H and O–H groups in total. The van der Waals surface area contributed by atoms with Crippen molar-refractivity contribution >= 4 is 18.2 Å². The van der Waals surface area contributed by atoms with Gasteiger partial charge in [0.15, 0.2) is 0 Å². The van der Waals surface area contributed by atoms with E-state index in [1.165, 1.54) is 24.4 Å². The van der Waals surface area contributed by atoms with Gasteiger partial charge in [0.2, 0.25) is 0 Å². The van der Waals surface area contributed by atoms with Crippen LogP contribution >= 0.6 is 0 Å². The summed E-state index contributed by atoms with van der Waals surface area (Å²) in [5.74, 6) is 0.174. The topological polar surface area (TPSA) is 50.6 Å². The Morgan fingerprint density at radius 3 is 2.24 bits per heavy atom. The molecule has 2 aliphatic heterocycles. The van der Waals surface area contributed by atoms with Crippen molar-refractivity contribution in [2.24, 2.45) is 9.98 Å². The number of hydrogen-bond acceptors (Lipinski definition) is 7. The van der Waals surface area contributed by atoms with Crippen molar-refractivity contribution in [3.05, 3.63) is 71.4 Å². The van der Waals surface area contributed by atoms with E-state index in [2.05, 4.69) is 33.4 Å². The largest absolute Gasteiger partial charge is 0.419 e. The lowest BCUT2D eigenvalue weighted by Gasteiger charge is -2.37. The summed E-state index contributed by atoms with van der Waals surface area (Å²) >= 11 is 0. The molecule has 0 atom stereocenters. The van der Waals surface area contributed by atoms with Gasteiger partial charge >= 0.3 is 6.18 Å². The third kappa shape index (κ3) is 6.96. The van der Waals surface area contributed by atoms with Crippen molar-refractivity contribution in [2.75, 3.05) is 70.5 Å². The first-order valence-electron chi connectivity index (χ1n) is 12.7. The van der Waals surface area contributed by atoms with E-state index < -0.39 is 11.7 Å². The molecule has 11 heteroatoms. The molecule has 0 amide bonds. The molecule has 7 nitrogen and oxygen atoms in total. The van der Waals surface area contributed by atoms with E-state index in [1.54, 1.807) is 17.0 Å². The highest BCUT2D eigenvalue weighted by Gasteiger charge is 2.36. The normalized spacial score (nSPS) is 18.7. The number of piperazine rings is 2. The van der Waals surface area contributed by atoms with Crippen molar-refractivity contribution < 1.29 is 17.6 Å². The maximum atomic E-state index is 13.6. The lowest BCUT2D eigenvalue weighted by atomic mass is 10.1. The minimum Gasteiger partial charge on any atom is -0.353 e. The van der Waals surface area contributed by atoms with Crippen LogP contribution in [-0.4, -0.2) is 97.7 Å². The van der Waals surface area contributed by atoms with E-state index in [9.17, 15) is 17.6 Å². The van der Waals surface area contributed by atoms with Crippen molar-refractivity contribution in [1.29, 1.82) is 0 Å². The molecular weight excluding hydrogens is 498 g/mol. The molecule has 3 heterocycles. The van der Waals surface area contributed by atoms with Gasteiger partial charge < -0.3 is 14.7 Å². The lowest BCUT2D eigenvalue weighted by Crippen LogP contribution is -2.46. The fraction of sp³-hybridized carbons (Fsp3) is 0.444. The zero-order valence-electron chi connectivity index (χ0n) is 21.5. The summed E-state index contributed by atoms with van der Waals surface area (Å²) in [5.41, 5.74) is 0.662. The van der Waals surface area contributed by atoms with Gasteiger partial charge in [0.1, 0.15) is 17.5 Å². The molecule has 2 fully saturated rings. The van der Waals surface area contributed by atoms with Gasteiger partial charge in [-0.1, -0.05) is 6.92 Å².